The van der Waals surface area contributed by atoms with Gasteiger partial charge >= 0.3 is 11.8 Å². The van der Waals surface area contributed by atoms with Crippen LogP contribution in [0.4, 0.5) is 0 Å². The molecule has 0 saturated carbocycles. The van der Waals surface area contributed by atoms with Gasteiger partial charge in [-0.3, -0.25) is 9.78 Å². The maximum absolute atomic E-state index is 12.1. The number of aromatic nitrogens is 4. The molecule has 0 bridgehead atoms. The molecule has 0 aliphatic carbocycles. The van der Waals surface area contributed by atoms with Crippen molar-refractivity contribution in [1.29, 1.82) is 0 Å². The molecule has 1 aromatic carbocycles. The van der Waals surface area contributed by atoms with E-state index < -0.39 is 5.91 Å². The lowest BCUT2D eigenvalue weighted by atomic mass is 10.2. The van der Waals surface area contributed by atoms with Crippen LogP contribution in [0.5, 0.6) is 0 Å². The lowest BCUT2D eigenvalue weighted by Crippen LogP contribution is -2.23. The fraction of sp³-hybridized carbons (Fsp3) is 0.0526. The van der Waals surface area contributed by atoms with E-state index in [1.54, 1.807) is 6.20 Å². The zero-order chi connectivity index (χ0) is 17.8. The Hall–Kier alpha value is -3.74. The van der Waals surface area contributed by atoms with Gasteiger partial charge in [-0.15, -0.1) is 0 Å². The molecule has 128 valence electrons. The second-order valence-corrected chi connectivity index (χ2v) is 5.56. The number of benzene rings is 1. The first kappa shape index (κ1) is 15.8. The molecule has 0 unspecified atom stereocenters. The summed E-state index contributed by atoms with van der Waals surface area (Å²) in [4.78, 5) is 20.4. The second-order valence-electron chi connectivity index (χ2n) is 5.56. The molecule has 0 aliphatic rings. The first-order chi connectivity index (χ1) is 12.8. The third kappa shape index (κ3) is 3.36. The van der Waals surface area contributed by atoms with Gasteiger partial charge in [0.1, 0.15) is 0 Å². The van der Waals surface area contributed by atoms with Crippen LogP contribution in [0.2, 0.25) is 0 Å². The van der Waals surface area contributed by atoms with Crippen molar-refractivity contribution in [2.75, 3.05) is 0 Å². The number of nitrogens with zero attached hydrogens (tertiary/aromatic N) is 4. The summed E-state index contributed by atoms with van der Waals surface area (Å²) in [6.07, 6.45) is 5.60. The molecule has 1 N–H and O–H groups in total. The van der Waals surface area contributed by atoms with Gasteiger partial charge in [-0.1, -0.05) is 11.2 Å². The fourth-order valence-electron chi connectivity index (χ4n) is 2.47. The van der Waals surface area contributed by atoms with Crippen LogP contribution < -0.4 is 5.32 Å². The Morgan fingerprint density at radius 1 is 1.04 bits per heavy atom. The third-order valence-corrected chi connectivity index (χ3v) is 3.80. The summed E-state index contributed by atoms with van der Waals surface area (Å²) in [5.41, 5.74) is 2.55. The molecular weight excluding hydrogens is 330 g/mol. The molecule has 0 aliphatic heterocycles. The predicted molar refractivity (Wildman–Crippen MR) is 94.5 cm³/mol. The summed E-state index contributed by atoms with van der Waals surface area (Å²) in [6, 6.07) is 17.1. The van der Waals surface area contributed by atoms with Gasteiger partial charge in [0.15, 0.2) is 0 Å². The van der Waals surface area contributed by atoms with Crippen LogP contribution in [0, 0.1) is 0 Å². The first-order valence-corrected chi connectivity index (χ1v) is 8.05. The Morgan fingerprint density at radius 2 is 1.85 bits per heavy atom. The van der Waals surface area contributed by atoms with Crippen LogP contribution in [-0.2, 0) is 6.54 Å². The summed E-state index contributed by atoms with van der Waals surface area (Å²) in [5, 5.41) is 6.59. The van der Waals surface area contributed by atoms with Gasteiger partial charge in [-0.2, -0.15) is 4.98 Å². The Bertz CT molecular complexity index is 992. The monoisotopic (exact) mass is 345 g/mol. The Morgan fingerprint density at radius 3 is 2.58 bits per heavy atom. The van der Waals surface area contributed by atoms with Gasteiger partial charge in [0.05, 0.1) is 12.2 Å². The largest absolute Gasteiger partial charge is 0.342 e. The highest BCUT2D eigenvalue weighted by Crippen LogP contribution is 2.18. The first-order valence-electron chi connectivity index (χ1n) is 8.05. The summed E-state index contributed by atoms with van der Waals surface area (Å²) in [6.45, 7) is 0.295. The van der Waals surface area contributed by atoms with Crippen LogP contribution in [0.15, 0.2) is 77.7 Å². The van der Waals surface area contributed by atoms with E-state index in [4.69, 9.17) is 4.52 Å². The van der Waals surface area contributed by atoms with Crippen LogP contribution in [0.25, 0.3) is 17.1 Å². The zero-order valence-corrected chi connectivity index (χ0v) is 13.7. The standard InChI is InChI=1S/C19H15N5O2/c25-18(21-13-15-5-1-2-10-20-15)19-22-17(23-26-19)14-6-8-16(9-7-14)24-11-3-4-12-24/h1-12H,13H2,(H,21,25). The van der Waals surface area contributed by atoms with Crippen molar-refractivity contribution in [2.24, 2.45) is 0 Å². The quantitative estimate of drug-likeness (QED) is 0.601. The molecule has 4 rings (SSSR count). The molecule has 0 saturated heterocycles. The minimum atomic E-state index is -0.432. The van der Waals surface area contributed by atoms with Crippen molar-refractivity contribution >= 4 is 5.91 Å². The number of hydrogen-bond donors (Lipinski definition) is 1. The molecule has 26 heavy (non-hydrogen) atoms. The minimum Gasteiger partial charge on any atom is -0.342 e. The lowest BCUT2D eigenvalue weighted by Gasteiger charge is -2.02. The number of carbonyl (C=O) groups excluding carboxylic acids is 1. The van der Waals surface area contributed by atoms with Crippen molar-refractivity contribution in [1.82, 2.24) is 25.0 Å². The molecule has 0 atom stereocenters. The van der Waals surface area contributed by atoms with Crippen LogP contribution in [0.3, 0.4) is 0 Å². The second kappa shape index (κ2) is 7.02. The molecule has 1 amide bonds. The van der Waals surface area contributed by atoms with Crippen molar-refractivity contribution < 1.29 is 9.32 Å². The topological polar surface area (TPSA) is 85.8 Å². The maximum atomic E-state index is 12.1. The highest BCUT2D eigenvalue weighted by atomic mass is 16.5. The Labute approximate surface area is 149 Å². The molecule has 7 nitrogen and oxygen atoms in total. The van der Waals surface area contributed by atoms with Gasteiger partial charge in [-0.05, 0) is 48.5 Å². The smallest absolute Gasteiger partial charge is 0.316 e. The van der Waals surface area contributed by atoms with Gasteiger partial charge in [0.25, 0.3) is 0 Å². The number of carbonyl (C=O) groups is 1. The molecule has 4 aromatic rings. The number of rotatable bonds is 5. The molecule has 0 fully saturated rings. The zero-order valence-electron chi connectivity index (χ0n) is 13.7. The van der Waals surface area contributed by atoms with Gasteiger partial charge in [0, 0.05) is 29.8 Å². The molecule has 0 radical (unpaired) electrons. The molecule has 0 spiro atoms. The number of pyridine rings is 1. The van der Waals surface area contributed by atoms with Crippen LogP contribution in [-0.4, -0.2) is 25.6 Å². The lowest BCUT2D eigenvalue weighted by molar-refractivity contribution is 0.0906. The molecular formula is C19H15N5O2. The minimum absolute atomic E-state index is 0.0783. The number of nitrogens with one attached hydrogen (secondary N) is 1. The van der Waals surface area contributed by atoms with E-state index in [9.17, 15) is 4.79 Å². The average molecular weight is 345 g/mol. The normalized spacial score (nSPS) is 10.6. The van der Waals surface area contributed by atoms with Gasteiger partial charge in [-0.25, -0.2) is 0 Å². The van der Waals surface area contributed by atoms with Gasteiger partial charge < -0.3 is 14.4 Å². The number of amides is 1. The maximum Gasteiger partial charge on any atom is 0.316 e. The van der Waals surface area contributed by atoms with Crippen LogP contribution in [0.1, 0.15) is 16.4 Å². The molecule has 7 heteroatoms. The Kier molecular flexibility index (Phi) is 4.26. The van der Waals surface area contributed by atoms with Gasteiger partial charge in [0.2, 0.25) is 5.82 Å². The highest BCUT2D eigenvalue weighted by molar-refractivity contribution is 5.89. The average Bonchev–Trinajstić information content (AvgIpc) is 3.39. The van der Waals surface area contributed by atoms with E-state index in [0.29, 0.717) is 12.4 Å². The summed E-state index contributed by atoms with van der Waals surface area (Å²) in [5.74, 6) is -0.143. The summed E-state index contributed by atoms with van der Waals surface area (Å²) in [7, 11) is 0. The molecule has 3 heterocycles. The van der Waals surface area contributed by atoms with E-state index in [2.05, 4.69) is 20.4 Å². The van der Waals surface area contributed by atoms with E-state index in [1.165, 1.54) is 0 Å². The van der Waals surface area contributed by atoms with Crippen LogP contribution >= 0.6 is 0 Å². The van der Waals surface area contributed by atoms with E-state index in [-0.39, 0.29) is 5.89 Å². The highest BCUT2D eigenvalue weighted by Gasteiger charge is 2.16. The summed E-state index contributed by atoms with van der Waals surface area (Å²) >= 11 is 0. The van der Waals surface area contributed by atoms with Crippen molar-refractivity contribution in [3.63, 3.8) is 0 Å². The van der Waals surface area contributed by atoms with Crippen molar-refractivity contribution in [3.8, 4) is 17.1 Å². The van der Waals surface area contributed by atoms with E-state index >= 15 is 0 Å². The summed E-state index contributed by atoms with van der Waals surface area (Å²) < 4.78 is 7.07. The molecule has 3 aromatic heterocycles. The SMILES string of the molecule is O=C(NCc1ccccn1)c1nc(-c2ccc(-n3cccc3)cc2)no1. The van der Waals surface area contributed by atoms with E-state index in [1.807, 2.05) is 71.6 Å². The third-order valence-electron chi connectivity index (χ3n) is 3.80. The Balaban J connectivity index is 1.44. The van der Waals surface area contributed by atoms with Crippen molar-refractivity contribution in [3.05, 3.63) is 84.8 Å². The van der Waals surface area contributed by atoms with E-state index in [0.717, 1.165) is 16.9 Å². The predicted octanol–water partition coefficient (Wildman–Crippen LogP) is 2.85. The van der Waals surface area contributed by atoms with Crippen molar-refractivity contribution in [2.45, 2.75) is 6.54 Å². The number of hydrogen-bond acceptors (Lipinski definition) is 5. The fourth-order valence-corrected chi connectivity index (χ4v) is 2.47.